The second-order valence-electron chi connectivity index (χ2n) is 6.94. The molecule has 5 nitrogen and oxygen atoms in total. The summed E-state index contributed by atoms with van der Waals surface area (Å²) in [6.45, 7) is 2.80. The van der Waals surface area contributed by atoms with Gasteiger partial charge in [0.2, 0.25) is 5.91 Å². The Morgan fingerprint density at radius 3 is 2.24 bits per heavy atom. The Morgan fingerprint density at radius 2 is 1.68 bits per heavy atom. The molecule has 25 heavy (non-hydrogen) atoms. The number of amides is 2. The normalized spacial score (nSPS) is 20.5. The lowest BCUT2D eigenvalue weighted by Crippen LogP contribution is -2.57. The average Bonchev–Trinajstić information content (AvgIpc) is 3.16. The molecule has 1 atom stereocenters. The number of hydrogen-bond acceptors (Lipinski definition) is 3. The first kappa shape index (κ1) is 18.2. The molecule has 1 saturated carbocycles. The van der Waals surface area contributed by atoms with E-state index < -0.39 is 0 Å². The Morgan fingerprint density at radius 1 is 1.08 bits per heavy atom. The van der Waals surface area contributed by atoms with Crippen LogP contribution in [-0.2, 0) is 4.79 Å². The summed E-state index contributed by atoms with van der Waals surface area (Å²) in [4.78, 5) is 29.2. The highest BCUT2D eigenvalue weighted by Crippen LogP contribution is 2.31. The molecule has 2 fully saturated rings. The molecule has 1 heterocycles. The summed E-state index contributed by atoms with van der Waals surface area (Å²) >= 11 is 5.89. The molecule has 1 saturated heterocycles. The van der Waals surface area contributed by atoms with E-state index in [4.69, 9.17) is 11.6 Å². The molecule has 136 valence electrons. The lowest BCUT2D eigenvalue weighted by Gasteiger charge is -2.40. The smallest absolute Gasteiger partial charge is 0.253 e. The summed E-state index contributed by atoms with van der Waals surface area (Å²) in [5.74, 6) is 0.594. The van der Waals surface area contributed by atoms with Gasteiger partial charge in [-0.15, -0.1) is 0 Å². The fraction of sp³-hybridized carbons (Fsp3) is 0.579. The third kappa shape index (κ3) is 4.15. The van der Waals surface area contributed by atoms with Gasteiger partial charge in [0.15, 0.2) is 0 Å². The van der Waals surface area contributed by atoms with Crippen molar-refractivity contribution < 1.29 is 9.59 Å². The van der Waals surface area contributed by atoms with Crippen molar-refractivity contribution in [1.82, 2.24) is 15.1 Å². The van der Waals surface area contributed by atoms with Gasteiger partial charge in [-0.1, -0.05) is 24.4 Å². The minimum atomic E-state index is -0.0553. The number of rotatable bonds is 4. The van der Waals surface area contributed by atoms with E-state index in [9.17, 15) is 9.59 Å². The van der Waals surface area contributed by atoms with Crippen LogP contribution in [0.1, 0.15) is 36.0 Å². The number of carbonyl (C=O) groups is 2. The van der Waals surface area contributed by atoms with E-state index in [0.717, 1.165) is 25.9 Å². The first-order valence-corrected chi connectivity index (χ1v) is 9.48. The van der Waals surface area contributed by atoms with Crippen LogP contribution in [0.3, 0.4) is 0 Å². The van der Waals surface area contributed by atoms with Gasteiger partial charge >= 0.3 is 0 Å². The predicted molar refractivity (Wildman–Crippen MR) is 98.7 cm³/mol. The number of nitrogens with zero attached hydrogens (tertiary/aromatic N) is 2. The fourth-order valence-corrected chi connectivity index (χ4v) is 4.20. The summed E-state index contributed by atoms with van der Waals surface area (Å²) in [6.07, 6.45) is 4.68. The fourth-order valence-electron chi connectivity index (χ4n) is 4.08. The van der Waals surface area contributed by atoms with E-state index >= 15 is 0 Å². The van der Waals surface area contributed by atoms with Crippen LogP contribution in [0.4, 0.5) is 0 Å². The molecule has 0 bridgehead atoms. The van der Waals surface area contributed by atoms with Gasteiger partial charge in [-0.3, -0.25) is 14.5 Å². The van der Waals surface area contributed by atoms with Crippen molar-refractivity contribution in [2.24, 2.45) is 5.92 Å². The van der Waals surface area contributed by atoms with Crippen molar-refractivity contribution in [3.8, 4) is 0 Å². The van der Waals surface area contributed by atoms with E-state index in [-0.39, 0.29) is 17.9 Å². The number of halogens is 1. The topological polar surface area (TPSA) is 52.7 Å². The second kappa shape index (κ2) is 8.19. The van der Waals surface area contributed by atoms with Gasteiger partial charge < -0.3 is 10.2 Å². The van der Waals surface area contributed by atoms with E-state index in [1.165, 1.54) is 12.8 Å². The summed E-state index contributed by atoms with van der Waals surface area (Å²) in [7, 11) is 1.71. The van der Waals surface area contributed by atoms with Crippen molar-refractivity contribution in [2.75, 3.05) is 33.2 Å². The number of piperazine rings is 1. The molecule has 1 unspecified atom stereocenters. The van der Waals surface area contributed by atoms with Crippen LogP contribution in [0, 0.1) is 5.92 Å². The standard InChI is InChI=1S/C19H26ClN3O2/c1-21-18(24)17(14-4-2-3-5-14)22-10-12-23(13-11-22)19(25)15-6-8-16(20)9-7-15/h6-9,14,17H,2-5,10-13H2,1H3,(H,21,24). The Hall–Kier alpha value is -1.59. The van der Waals surface area contributed by atoms with E-state index in [2.05, 4.69) is 10.2 Å². The minimum absolute atomic E-state index is 0.0358. The second-order valence-corrected chi connectivity index (χ2v) is 7.38. The lowest BCUT2D eigenvalue weighted by molar-refractivity contribution is -0.128. The monoisotopic (exact) mass is 363 g/mol. The maximum atomic E-state index is 12.6. The lowest BCUT2D eigenvalue weighted by atomic mass is 9.95. The highest BCUT2D eigenvalue weighted by molar-refractivity contribution is 6.30. The number of nitrogens with one attached hydrogen (secondary N) is 1. The van der Waals surface area contributed by atoms with Crippen LogP contribution in [-0.4, -0.2) is 60.9 Å². The van der Waals surface area contributed by atoms with Crippen LogP contribution in [0.15, 0.2) is 24.3 Å². The highest BCUT2D eigenvalue weighted by Gasteiger charge is 2.36. The molecule has 0 radical (unpaired) electrons. The van der Waals surface area contributed by atoms with E-state index in [1.807, 2.05) is 4.90 Å². The molecular weight excluding hydrogens is 338 g/mol. The summed E-state index contributed by atoms with van der Waals surface area (Å²) < 4.78 is 0. The zero-order valence-electron chi connectivity index (χ0n) is 14.7. The first-order valence-electron chi connectivity index (χ1n) is 9.10. The van der Waals surface area contributed by atoms with Crippen LogP contribution in [0.25, 0.3) is 0 Å². The number of benzene rings is 1. The molecule has 1 aromatic rings. The molecule has 0 aromatic heterocycles. The SMILES string of the molecule is CNC(=O)C(C1CCCC1)N1CCN(C(=O)c2ccc(Cl)cc2)CC1. The van der Waals surface area contributed by atoms with Crippen LogP contribution in [0.5, 0.6) is 0 Å². The molecule has 1 aliphatic carbocycles. The van der Waals surface area contributed by atoms with Crippen LogP contribution < -0.4 is 5.32 Å². The van der Waals surface area contributed by atoms with Crippen LogP contribution in [0.2, 0.25) is 5.02 Å². The van der Waals surface area contributed by atoms with Gasteiger partial charge in [-0.2, -0.15) is 0 Å². The minimum Gasteiger partial charge on any atom is -0.358 e. The summed E-state index contributed by atoms with van der Waals surface area (Å²) in [5.41, 5.74) is 0.663. The maximum Gasteiger partial charge on any atom is 0.253 e. The van der Waals surface area contributed by atoms with Gasteiger partial charge in [-0.05, 0) is 43.0 Å². The third-order valence-electron chi connectivity index (χ3n) is 5.45. The third-order valence-corrected chi connectivity index (χ3v) is 5.70. The summed E-state index contributed by atoms with van der Waals surface area (Å²) in [6, 6.07) is 6.96. The van der Waals surface area contributed by atoms with Gasteiger partial charge in [0.1, 0.15) is 0 Å². The highest BCUT2D eigenvalue weighted by atomic mass is 35.5. The zero-order chi connectivity index (χ0) is 17.8. The van der Waals surface area contributed by atoms with Gasteiger partial charge in [0.05, 0.1) is 6.04 Å². The van der Waals surface area contributed by atoms with Crippen molar-refractivity contribution in [3.63, 3.8) is 0 Å². The zero-order valence-corrected chi connectivity index (χ0v) is 15.5. The van der Waals surface area contributed by atoms with Crippen molar-refractivity contribution >= 4 is 23.4 Å². The van der Waals surface area contributed by atoms with E-state index in [0.29, 0.717) is 29.6 Å². The number of hydrogen-bond donors (Lipinski definition) is 1. The molecule has 3 rings (SSSR count). The molecular formula is C19H26ClN3O2. The Labute approximate surface area is 154 Å². The Balaban J connectivity index is 1.62. The quantitative estimate of drug-likeness (QED) is 0.893. The summed E-state index contributed by atoms with van der Waals surface area (Å²) in [5, 5.41) is 3.46. The number of likely N-dealkylation sites (N-methyl/N-ethyl adjacent to an activating group) is 1. The molecule has 2 aliphatic rings. The van der Waals surface area contributed by atoms with Gasteiger partial charge in [-0.25, -0.2) is 0 Å². The first-order chi connectivity index (χ1) is 12.1. The van der Waals surface area contributed by atoms with Crippen molar-refractivity contribution in [2.45, 2.75) is 31.7 Å². The Bertz CT molecular complexity index is 606. The molecule has 1 aromatic carbocycles. The van der Waals surface area contributed by atoms with Crippen LogP contribution >= 0.6 is 11.6 Å². The van der Waals surface area contributed by atoms with E-state index in [1.54, 1.807) is 31.3 Å². The largest absolute Gasteiger partial charge is 0.358 e. The maximum absolute atomic E-state index is 12.6. The molecule has 0 spiro atoms. The average molecular weight is 364 g/mol. The predicted octanol–water partition coefficient (Wildman–Crippen LogP) is 2.40. The van der Waals surface area contributed by atoms with Gasteiger partial charge in [0.25, 0.3) is 5.91 Å². The Kier molecular flexibility index (Phi) is 5.97. The van der Waals surface area contributed by atoms with Crippen molar-refractivity contribution in [1.29, 1.82) is 0 Å². The molecule has 1 aliphatic heterocycles. The van der Waals surface area contributed by atoms with Gasteiger partial charge in [0, 0.05) is 43.8 Å². The molecule has 6 heteroatoms. The molecule has 1 N–H and O–H groups in total. The number of carbonyl (C=O) groups excluding carboxylic acids is 2. The molecule has 2 amide bonds. The van der Waals surface area contributed by atoms with Crippen molar-refractivity contribution in [3.05, 3.63) is 34.9 Å².